The Morgan fingerprint density at radius 2 is 0.717 bits per heavy atom. The lowest BCUT2D eigenvalue weighted by Crippen LogP contribution is -2.17. The molecule has 0 atom stereocenters. The van der Waals surface area contributed by atoms with E-state index < -0.39 is 23.9 Å². The van der Waals surface area contributed by atoms with Crippen molar-refractivity contribution in [3.63, 3.8) is 0 Å². The standard InChI is InChI=1S/C38H46O8/c1-5-9-23-43-35(39)31-21-15-19-29(33(31)37(41)45-25-11-7-3)27-17-13-14-18-28(27)30-20-16-22-32(36(40)44-24-10-6-2)34(30)38(42)46-26-12-8-4/h13-22H,5-12,23-26H2,1-4H3. The van der Waals surface area contributed by atoms with Crippen molar-refractivity contribution in [3.8, 4) is 22.3 Å². The van der Waals surface area contributed by atoms with Crippen LogP contribution in [0.15, 0.2) is 60.7 Å². The molecule has 246 valence electrons. The van der Waals surface area contributed by atoms with Crippen LogP contribution in [0.3, 0.4) is 0 Å². The van der Waals surface area contributed by atoms with E-state index in [1.165, 1.54) is 0 Å². The maximum Gasteiger partial charge on any atom is 0.339 e. The summed E-state index contributed by atoms with van der Waals surface area (Å²) in [6.45, 7) is 8.83. The third-order valence-corrected chi connectivity index (χ3v) is 7.41. The van der Waals surface area contributed by atoms with Crippen molar-refractivity contribution in [1.29, 1.82) is 0 Å². The van der Waals surface area contributed by atoms with Crippen LogP contribution in [-0.2, 0) is 18.9 Å². The molecule has 0 saturated heterocycles. The molecule has 8 heteroatoms. The summed E-state index contributed by atoms with van der Waals surface area (Å²) in [7, 11) is 0. The SMILES string of the molecule is CCCCOC(=O)c1cccc(-c2ccccc2-c2cccc(C(=O)OCCCC)c2C(=O)OCCCC)c1C(=O)OCCCC. The first-order valence-corrected chi connectivity index (χ1v) is 16.4. The van der Waals surface area contributed by atoms with Crippen molar-refractivity contribution in [1.82, 2.24) is 0 Å². The molecule has 0 heterocycles. The second-order valence-corrected chi connectivity index (χ2v) is 11.0. The van der Waals surface area contributed by atoms with Gasteiger partial charge < -0.3 is 18.9 Å². The summed E-state index contributed by atoms with van der Waals surface area (Å²) in [5.74, 6) is -2.53. The van der Waals surface area contributed by atoms with Gasteiger partial charge in [0, 0.05) is 0 Å². The first-order valence-electron chi connectivity index (χ1n) is 16.4. The molecule has 0 unspecified atom stereocenters. The van der Waals surface area contributed by atoms with Gasteiger partial charge in [-0.15, -0.1) is 0 Å². The Morgan fingerprint density at radius 1 is 0.413 bits per heavy atom. The van der Waals surface area contributed by atoms with Crippen LogP contribution in [-0.4, -0.2) is 50.3 Å². The number of hydrogen-bond acceptors (Lipinski definition) is 8. The van der Waals surface area contributed by atoms with Crippen molar-refractivity contribution >= 4 is 23.9 Å². The van der Waals surface area contributed by atoms with E-state index in [1.54, 1.807) is 60.7 Å². The fourth-order valence-electron chi connectivity index (χ4n) is 4.82. The Morgan fingerprint density at radius 3 is 1.04 bits per heavy atom. The molecule has 3 aromatic rings. The molecule has 0 aromatic heterocycles. The smallest absolute Gasteiger partial charge is 0.339 e. The van der Waals surface area contributed by atoms with Gasteiger partial charge >= 0.3 is 23.9 Å². The zero-order chi connectivity index (χ0) is 33.3. The van der Waals surface area contributed by atoms with Crippen LogP contribution in [0, 0.1) is 0 Å². The van der Waals surface area contributed by atoms with Crippen molar-refractivity contribution in [2.45, 2.75) is 79.1 Å². The van der Waals surface area contributed by atoms with Crippen LogP contribution in [0.1, 0.15) is 120 Å². The first-order chi connectivity index (χ1) is 22.4. The van der Waals surface area contributed by atoms with Crippen LogP contribution in [0.4, 0.5) is 0 Å². The third-order valence-electron chi connectivity index (χ3n) is 7.41. The topological polar surface area (TPSA) is 105 Å². The van der Waals surface area contributed by atoms with E-state index in [4.69, 9.17) is 18.9 Å². The van der Waals surface area contributed by atoms with E-state index in [9.17, 15) is 19.2 Å². The highest BCUT2D eigenvalue weighted by Gasteiger charge is 2.28. The molecule has 0 aliphatic heterocycles. The normalized spacial score (nSPS) is 10.7. The fourth-order valence-corrected chi connectivity index (χ4v) is 4.82. The molecule has 3 rings (SSSR count). The zero-order valence-electron chi connectivity index (χ0n) is 27.5. The quantitative estimate of drug-likeness (QED) is 0.0780. The fraction of sp³-hybridized carbons (Fsp3) is 0.421. The summed E-state index contributed by atoms with van der Waals surface area (Å²) in [5.41, 5.74) is 2.34. The molecule has 3 aromatic carbocycles. The number of carbonyl (C=O) groups excluding carboxylic acids is 4. The van der Waals surface area contributed by atoms with Gasteiger partial charge in [-0.2, -0.15) is 0 Å². The first kappa shape index (κ1) is 36.0. The molecule has 0 fully saturated rings. The summed E-state index contributed by atoms with van der Waals surface area (Å²) in [5, 5.41) is 0. The van der Waals surface area contributed by atoms with E-state index in [1.807, 2.05) is 27.7 Å². The maximum atomic E-state index is 13.6. The number of rotatable bonds is 18. The molecule has 0 radical (unpaired) electrons. The Kier molecular flexibility index (Phi) is 15.0. The average molecular weight is 631 g/mol. The van der Waals surface area contributed by atoms with Crippen molar-refractivity contribution in [2.75, 3.05) is 26.4 Å². The number of hydrogen-bond donors (Lipinski definition) is 0. The predicted octanol–water partition coefficient (Wildman–Crippen LogP) is 8.85. The molecule has 8 nitrogen and oxygen atoms in total. The van der Waals surface area contributed by atoms with E-state index in [-0.39, 0.29) is 48.7 Å². The highest BCUT2D eigenvalue weighted by Crippen LogP contribution is 2.38. The molecule has 0 N–H and O–H groups in total. The van der Waals surface area contributed by atoms with E-state index in [0.29, 0.717) is 47.9 Å². The van der Waals surface area contributed by atoms with Gasteiger partial charge in [0.05, 0.1) is 48.7 Å². The second kappa shape index (κ2) is 19.1. The monoisotopic (exact) mass is 630 g/mol. The highest BCUT2D eigenvalue weighted by atomic mass is 16.5. The molecule has 0 spiro atoms. The number of unbranched alkanes of at least 4 members (excludes halogenated alkanes) is 4. The Bertz CT molecular complexity index is 1360. The molecular weight excluding hydrogens is 584 g/mol. The molecule has 0 bridgehead atoms. The van der Waals surface area contributed by atoms with Gasteiger partial charge in [0.15, 0.2) is 0 Å². The van der Waals surface area contributed by atoms with Gasteiger partial charge in [0.2, 0.25) is 0 Å². The predicted molar refractivity (Wildman–Crippen MR) is 178 cm³/mol. The molecule has 0 saturated carbocycles. The zero-order valence-corrected chi connectivity index (χ0v) is 27.5. The van der Waals surface area contributed by atoms with Gasteiger partial charge in [-0.1, -0.05) is 102 Å². The second-order valence-electron chi connectivity index (χ2n) is 11.0. The summed E-state index contributed by atoms with van der Waals surface area (Å²) < 4.78 is 22.3. The van der Waals surface area contributed by atoms with Crippen LogP contribution >= 0.6 is 0 Å². The van der Waals surface area contributed by atoms with Crippen molar-refractivity contribution in [3.05, 3.63) is 82.9 Å². The minimum Gasteiger partial charge on any atom is -0.462 e. The van der Waals surface area contributed by atoms with Gasteiger partial charge in [-0.05, 0) is 60.1 Å². The summed E-state index contributed by atoms with van der Waals surface area (Å²) in [6.07, 6.45) is 6.09. The lowest BCUT2D eigenvalue weighted by atomic mass is 9.87. The van der Waals surface area contributed by atoms with Gasteiger partial charge in [0.1, 0.15) is 0 Å². The minimum atomic E-state index is -0.645. The minimum absolute atomic E-state index is 0.0785. The van der Waals surface area contributed by atoms with Gasteiger partial charge in [-0.25, -0.2) is 19.2 Å². The van der Waals surface area contributed by atoms with E-state index in [2.05, 4.69) is 0 Å². The Labute approximate surface area is 272 Å². The lowest BCUT2D eigenvalue weighted by molar-refractivity contribution is 0.0453. The van der Waals surface area contributed by atoms with Gasteiger partial charge in [0.25, 0.3) is 0 Å². The highest BCUT2D eigenvalue weighted by molar-refractivity contribution is 6.11. The molecule has 46 heavy (non-hydrogen) atoms. The molecule has 0 aliphatic rings. The Balaban J connectivity index is 2.24. The molecular formula is C38H46O8. The van der Waals surface area contributed by atoms with Gasteiger partial charge in [-0.3, -0.25) is 0 Å². The van der Waals surface area contributed by atoms with Crippen LogP contribution in [0.25, 0.3) is 22.3 Å². The van der Waals surface area contributed by atoms with E-state index in [0.717, 1.165) is 25.7 Å². The van der Waals surface area contributed by atoms with Crippen molar-refractivity contribution < 1.29 is 38.1 Å². The number of ether oxygens (including phenoxy) is 4. The molecule has 0 aliphatic carbocycles. The number of benzene rings is 3. The number of carbonyl (C=O) groups is 4. The maximum absolute atomic E-state index is 13.6. The van der Waals surface area contributed by atoms with Crippen LogP contribution in [0.2, 0.25) is 0 Å². The summed E-state index contributed by atoms with van der Waals surface area (Å²) in [6, 6.07) is 17.2. The number of esters is 4. The van der Waals surface area contributed by atoms with Crippen LogP contribution < -0.4 is 0 Å². The Hall–Kier alpha value is -4.46. The summed E-state index contributed by atoms with van der Waals surface area (Å²) >= 11 is 0. The van der Waals surface area contributed by atoms with Crippen LogP contribution in [0.5, 0.6) is 0 Å². The molecule has 0 amide bonds. The average Bonchev–Trinajstić information content (AvgIpc) is 3.07. The van der Waals surface area contributed by atoms with E-state index >= 15 is 0 Å². The third kappa shape index (κ3) is 9.52. The largest absolute Gasteiger partial charge is 0.462 e. The van der Waals surface area contributed by atoms with Crippen molar-refractivity contribution in [2.24, 2.45) is 0 Å². The summed E-state index contributed by atoms with van der Waals surface area (Å²) in [4.78, 5) is 53.8. The lowest BCUT2D eigenvalue weighted by Gasteiger charge is -2.19.